The molecule has 6 nitrogen and oxygen atoms in total. The number of furan rings is 1. The van der Waals surface area contributed by atoms with Gasteiger partial charge in [-0.1, -0.05) is 41.9 Å². The number of amides is 1. The molecule has 7 heteroatoms. The number of fused-ring (bicyclic) bond motifs is 1. The summed E-state index contributed by atoms with van der Waals surface area (Å²) in [6.07, 6.45) is 0. The summed E-state index contributed by atoms with van der Waals surface area (Å²) >= 11 is 6.08. The summed E-state index contributed by atoms with van der Waals surface area (Å²) in [6, 6.07) is 14.4. The third-order valence-electron chi connectivity index (χ3n) is 4.15. The van der Waals surface area contributed by atoms with Crippen LogP contribution in [0, 0.1) is 0 Å². The van der Waals surface area contributed by atoms with Gasteiger partial charge < -0.3 is 14.5 Å². The van der Waals surface area contributed by atoms with Crippen LogP contribution in [0.1, 0.15) is 23.0 Å². The molecule has 146 valence electrons. The molecule has 28 heavy (non-hydrogen) atoms. The maximum Gasteiger partial charge on any atom is 0.374 e. The summed E-state index contributed by atoms with van der Waals surface area (Å²) < 4.78 is 10.8. The van der Waals surface area contributed by atoms with Crippen LogP contribution in [0.3, 0.4) is 0 Å². The van der Waals surface area contributed by atoms with Crippen LogP contribution < -0.4 is 5.32 Å². The summed E-state index contributed by atoms with van der Waals surface area (Å²) in [5.41, 5.74) is 1.86. The summed E-state index contributed by atoms with van der Waals surface area (Å²) in [7, 11) is 1.79. The van der Waals surface area contributed by atoms with Gasteiger partial charge in [-0.05, 0) is 32.2 Å². The normalized spacial score (nSPS) is 11.0. The first-order valence-electron chi connectivity index (χ1n) is 8.90. The van der Waals surface area contributed by atoms with E-state index in [0.717, 1.165) is 5.39 Å². The highest BCUT2D eigenvalue weighted by Crippen LogP contribution is 2.27. The number of rotatable bonds is 7. The van der Waals surface area contributed by atoms with Crippen molar-refractivity contribution in [3.05, 3.63) is 64.9 Å². The van der Waals surface area contributed by atoms with Crippen LogP contribution >= 0.6 is 11.6 Å². The van der Waals surface area contributed by atoms with Crippen molar-refractivity contribution < 1.29 is 18.7 Å². The minimum atomic E-state index is -0.511. The largest absolute Gasteiger partial charge is 0.460 e. The second-order valence-corrected chi connectivity index (χ2v) is 6.73. The van der Waals surface area contributed by atoms with Crippen molar-refractivity contribution in [3.63, 3.8) is 0 Å². The Morgan fingerprint density at radius 3 is 2.61 bits per heavy atom. The van der Waals surface area contributed by atoms with Gasteiger partial charge in [-0.2, -0.15) is 0 Å². The Morgan fingerprint density at radius 1 is 1.14 bits per heavy atom. The van der Waals surface area contributed by atoms with E-state index in [9.17, 15) is 9.59 Å². The molecular formula is C21H21ClN2O4. The smallest absolute Gasteiger partial charge is 0.374 e. The highest BCUT2D eigenvalue weighted by Gasteiger charge is 2.23. The van der Waals surface area contributed by atoms with Crippen LogP contribution in [-0.4, -0.2) is 37.0 Å². The van der Waals surface area contributed by atoms with E-state index >= 15 is 0 Å². The molecule has 0 saturated carbocycles. The predicted octanol–water partition coefficient (Wildman–Crippen LogP) is 4.33. The topological polar surface area (TPSA) is 71.8 Å². The lowest BCUT2D eigenvalue weighted by molar-refractivity contribution is -0.117. The molecule has 1 aromatic heterocycles. The number of ether oxygens (including phenoxy) is 1. The number of anilines is 1. The first kappa shape index (κ1) is 19.9. The minimum Gasteiger partial charge on any atom is -0.460 e. The second kappa shape index (κ2) is 8.91. The molecule has 3 rings (SSSR count). The number of esters is 1. The molecule has 0 aliphatic rings. The van der Waals surface area contributed by atoms with Crippen molar-refractivity contribution in [2.24, 2.45) is 0 Å². The molecule has 3 aromatic rings. The lowest BCUT2D eigenvalue weighted by Crippen LogP contribution is -2.30. The molecule has 0 unspecified atom stereocenters. The first-order valence-corrected chi connectivity index (χ1v) is 9.27. The number of hydrogen-bond donors (Lipinski definition) is 1. The van der Waals surface area contributed by atoms with Gasteiger partial charge in [-0.3, -0.25) is 9.69 Å². The van der Waals surface area contributed by atoms with Crippen LogP contribution in [0.2, 0.25) is 5.02 Å². The molecular weight excluding hydrogens is 380 g/mol. The Kier molecular flexibility index (Phi) is 6.34. The fraction of sp³-hybridized carbons (Fsp3) is 0.238. The number of likely N-dealkylation sites (N-methyl/N-ethyl adjacent to an activating group) is 1. The third-order valence-corrected chi connectivity index (χ3v) is 4.48. The van der Waals surface area contributed by atoms with Gasteiger partial charge in [0.15, 0.2) is 0 Å². The minimum absolute atomic E-state index is 0.118. The van der Waals surface area contributed by atoms with E-state index in [0.29, 0.717) is 28.4 Å². The molecule has 0 aliphatic carbocycles. The average molecular weight is 401 g/mol. The summed E-state index contributed by atoms with van der Waals surface area (Å²) in [6.45, 7) is 2.46. The van der Waals surface area contributed by atoms with E-state index in [1.165, 1.54) is 0 Å². The standard InChI is InChI=1S/C21H21ClN2O4/c1-3-27-21(26)20-15(14-8-4-7-11-18(14)28-20)12-24(2)13-19(25)23-17-10-6-5-9-16(17)22/h4-11H,3,12-13H2,1-2H3,(H,23,25). The van der Waals surface area contributed by atoms with Crippen molar-refractivity contribution in [2.75, 3.05) is 25.5 Å². The van der Waals surface area contributed by atoms with Gasteiger partial charge in [0.2, 0.25) is 11.7 Å². The molecule has 0 aliphatic heterocycles. The fourth-order valence-electron chi connectivity index (χ4n) is 2.94. The molecule has 0 radical (unpaired) electrons. The number of carbonyl (C=O) groups is 2. The lowest BCUT2D eigenvalue weighted by Gasteiger charge is -2.16. The summed E-state index contributed by atoms with van der Waals surface area (Å²) in [5.74, 6) is -0.551. The Hall–Kier alpha value is -2.83. The molecule has 0 fully saturated rings. The first-order chi connectivity index (χ1) is 13.5. The number of halogens is 1. The van der Waals surface area contributed by atoms with Crippen molar-refractivity contribution in [2.45, 2.75) is 13.5 Å². The predicted molar refractivity (Wildman–Crippen MR) is 109 cm³/mol. The lowest BCUT2D eigenvalue weighted by atomic mass is 10.1. The Morgan fingerprint density at radius 2 is 1.86 bits per heavy atom. The van der Waals surface area contributed by atoms with Gasteiger partial charge >= 0.3 is 5.97 Å². The van der Waals surface area contributed by atoms with Gasteiger partial charge in [-0.15, -0.1) is 0 Å². The molecule has 2 aromatic carbocycles. The summed E-state index contributed by atoms with van der Waals surface area (Å²) in [4.78, 5) is 26.4. The number of carbonyl (C=O) groups excluding carboxylic acids is 2. The molecule has 0 spiro atoms. The fourth-order valence-corrected chi connectivity index (χ4v) is 3.12. The SMILES string of the molecule is CCOC(=O)c1oc2ccccc2c1CN(C)CC(=O)Nc1ccccc1Cl. The van der Waals surface area contributed by atoms with E-state index in [1.807, 2.05) is 18.2 Å². The molecule has 0 saturated heterocycles. The molecule has 0 atom stereocenters. The molecule has 0 bridgehead atoms. The van der Waals surface area contributed by atoms with E-state index in [4.69, 9.17) is 20.8 Å². The monoisotopic (exact) mass is 400 g/mol. The second-order valence-electron chi connectivity index (χ2n) is 6.33. The van der Waals surface area contributed by atoms with E-state index < -0.39 is 5.97 Å². The van der Waals surface area contributed by atoms with Crippen LogP contribution in [0.4, 0.5) is 5.69 Å². The summed E-state index contributed by atoms with van der Waals surface area (Å²) in [5, 5.41) is 4.09. The third kappa shape index (κ3) is 4.52. The quantitative estimate of drug-likeness (QED) is 0.597. The molecule has 1 N–H and O–H groups in total. The van der Waals surface area contributed by atoms with Gasteiger partial charge in [0.1, 0.15) is 5.58 Å². The van der Waals surface area contributed by atoms with Gasteiger partial charge in [0.05, 0.1) is 23.9 Å². The number of para-hydroxylation sites is 2. The van der Waals surface area contributed by atoms with Crippen LogP contribution in [0.5, 0.6) is 0 Å². The van der Waals surface area contributed by atoms with Gasteiger partial charge in [0, 0.05) is 17.5 Å². The number of nitrogens with zero attached hydrogens (tertiary/aromatic N) is 1. The average Bonchev–Trinajstić information content (AvgIpc) is 3.02. The molecule has 1 amide bonds. The maximum atomic E-state index is 12.4. The van der Waals surface area contributed by atoms with E-state index in [1.54, 1.807) is 49.2 Å². The maximum absolute atomic E-state index is 12.4. The van der Waals surface area contributed by atoms with Crippen LogP contribution in [0.25, 0.3) is 11.0 Å². The number of benzene rings is 2. The van der Waals surface area contributed by atoms with E-state index in [-0.39, 0.29) is 24.8 Å². The Bertz CT molecular complexity index is 999. The molecule has 1 heterocycles. The van der Waals surface area contributed by atoms with Crippen LogP contribution in [-0.2, 0) is 16.1 Å². The van der Waals surface area contributed by atoms with Gasteiger partial charge in [-0.25, -0.2) is 4.79 Å². The van der Waals surface area contributed by atoms with Crippen molar-refractivity contribution in [3.8, 4) is 0 Å². The number of nitrogens with one attached hydrogen (secondary N) is 1. The van der Waals surface area contributed by atoms with Gasteiger partial charge in [0.25, 0.3) is 0 Å². The highest BCUT2D eigenvalue weighted by atomic mass is 35.5. The Labute approximate surface area is 168 Å². The number of hydrogen-bond acceptors (Lipinski definition) is 5. The van der Waals surface area contributed by atoms with E-state index in [2.05, 4.69) is 5.32 Å². The van der Waals surface area contributed by atoms with Crippen molar-refractivity contribution in [1.29, 1.82) is 0 Å². The zero-order valence-corrected chi connectivity index (χ0v) is 16.5. The zero-order valence-electron chi connectivity index (χ0n) is 15.7. The van der Waals surface area contributed by atoms with Crippen molar-refractivity contribution >= 4 is 40.1 Å². The Balaban J connectivity index is 1.76. The highest BCUT2D eigenvalue weighted by molar-refractivity contribution is 6.33. The van der Waals surface area contributed by atoms with Crippen LogP contribution in [0.15, 0.2) is 52.9 Å². The zero-order chi connectivity index (χ0) is 20.1. The van der Waals surface area contributed by atoms with Crippen molar-refractivity contribution in [1.82, 2.24) is 4.90 Å².